The fourth-order valence-corrected chi connectivity index (χ4v) is 8.92. The number of aromatic hydroxyl groups is 1. The van der Waals surface area contributed by atoms with Gasteiger partial charge in [-0.25, -0.2) is 13.4 Å². The molecule has 2 aromatic heterocycles. The minimum absolute atomic E-state index is 0.0122. The molecule has 300 valence electrons. The van der Waals surface area contributed by atoms with Crippen LogP contribution in [0.5, 0.6) is 17.4 Å². The number of carbonyl (C=O) groups is 4. The number of ether oxygens (including phenoxy) is 2. The number of phenols is 1. The number of amides is 4. The van der Waals surface area contributed by atoms with Crippen LogP contribution in [0.2, 0.25) is 0 Å². The van der Waals surface area contributed by atoms with E-state index in [1.54, 1.807) is 38.4 Å². The molecule has 56 heavy (non-hydrogen) atoms. The van der Waals surface area contributed by atoms with E-state index in [9.17, 15) is 32.7 Å². The van der Waals surface area contributed by atoms with E-state index in [4.69, 9.17) is 9.47 Å². The summed E-state index contributed by atoms with van der Waals surface area (Å²) in [6.45, 7) is 5.38. The molecule has 3 fully saturated rings. The number of benzene rings is 1. The fourth-order valence-electron chi connectivity index (χ4n) is 7.56. The molecule has 7 rings (SSSR count). The number of allylic oxidation sites excluding steroid dienone is 1. The van der Waals surface area contributed by atoms with Crippen molar-refractivity contribution in [1.29, 1.82) is 0 Å². The third-order valence-corrected chi connectivity index (χ3v) is 12.7. The lowest BCUT2D eigenvalue weighted by Crippen LogP contribution is -2.58. The molecule has 5 atom stereocenters. The average Bonchev–Trinajstić information content (AvgIpc) is 4.03. The van der Waals surface area contributed by atoms with E-state index >= 15 is 0 Å². The SMILES string of the molecule is Cc1c(O)ccc2c(O[C@@H]3C[C@H]4C(=O)N[C@]5(C(=O)NS(=O)(=O)C6CC6)C[C@H]5C=CCCCCC[C@H](NC(=O)c5ccn(C)n5)C(=O)N4C3)cc(OC(C)C)nc12. The topological polar surface area (TPSA) is 211 Å². The van der Waals surface area contributed by atoms with Crippen LogP contribution in [0.15, 0.2) is 42.6 Å². The summed E-state index contributed by atoms with van der Waals surface area (Å²) >= 11 is 0. The van der Waals surface area contributed by atoms with Crippen LogP contribution >= 0.6 is 0 Å². The monoisotopic (exact) mass is 791 g/mol. The van der Waals surface area contributed by atoms with Crippen LogP contribution in [0.4, 0.5) is 0 Å². The molecule has 1 saturated heterocycles. The predicted octanol–water partition coefficient (Wildman–Crippen LogP) is 2.92. The van der Waals surface area contributed by atoms with E-state index in [2.05, 4.69) is 25.4 Å². The van der Waals surface area contributed by atoms with Gasteiger partial charge in [0.05, 0.1) is 23.4 Å². The Balaban J connectivity index is 1.23. The Morgan fingerprint density at radius 3 is 2.61 bits per heavy atom. The van der Waals surface area contributed by atoms with E-state index in [0.717, 1.165) is 12.8 Å². The lowest BCUT2D eigenvalue weighted by atomic mass is 10.0. The molecule has 4 amide bonds. The lowest BCUT2D eigenvalue weighted by Gasteiger charge is -2.29. The van der Waals surface area contributed by atoms with E-state index in [0.29, 0.717) is 54.3 Å². The first-order chi connectivity index (χ1) is 26.6. The molecule has 2 saturated carbocycles. The number of hydrogen-bond donors (Lipinski definition) is 4. The van der Waals surface area contributed by atoms with E-state index in [-0.39, 0.29) is 42.8 Å². The number of hydrogen-bond acceptors (Lipinski definition) is 11. The Morgan fingerprint density at radius 1 is 1.11 bits per heavy atom. The van der Waals surface area contributed by atoms with Crippen molar-refractivity contribution in [1.82, 2.24) is 35.0 Å². The predicted molar refractivity (Wildman–Crippen MR) is 204 cm³/mol. The molecule has 3 aromatic rings. The number of nitrogens with zero attached hydrogens (tertiary/aromatic N) is 4. The summed E-state index contributed by atoms with van der Waals surface area (Å²) in [6, 6.07) is 4.24. The minimum Gasteiger partial charge on any atom is -0.508 e. The number of sulfonamides is 1. The van der Waals surface area contributed by atoms with Crippen molar-refractivity contribution in [2.45, 2.75) is 114 Å². The van der Waals surface area contributed by atoms with Gasteiger partial charge in [-0.3, -0.25) is 28.6 Å². The minimum atomic E-state index is -3.91. The summed E-state index contributed by atoms with van der Waals surface area (Å²) in [5, 5.41) is 20.3. The standard InChI is InChI=1S/C39H49N7O9S/c1-22(2)54-33-19-32(27-14-15-31(47)23(3)34(27)41-33)55-25-18-30-36(49)42-39(38(51)44-56(52,53)26-12-13-26)20-24(39)10-8-6-5-7-9-11-29(37(50)46(30)21-25)40-35(48)28-16-17-45(4)43-28/h8,10,14-17,19,22,24-26,29-30,47H,5-7,9,11-13,18,20-21H2,1-4H3,(H,40,48)(H,42,49)(H,44,51)/t24-,25-,29+,30+,39-/m1/s1. The van der Waals surface area contributed by atoms with Crippen molar-refractivity contribution in [3.63, 3.8) is 0 Å². The Bertz CT molecular complexity index is 2180. The Kier molecular flexibility index (Phi) is 10.7. The van der Waals surface area contributed by atoms with Gasteiger partial charge in [0, 0.05) is 42.6 Å². The van der Waals surface area contributed by atoms with Gasteiger partial charge in [-0.2, -0.15) is 5.10 Å². The molecule has 2 aliphatic heterocycles. The Hall–Kier alpha value is -5.19. The largest absolute Gasteiger partial charge is 0.508 e. The number of carbonyl (C=O) groups excluding carboxylic acids is 4. The summed E-state index contributed by atoms with van der Waals surface area (Å²) < 4.78 is 42.0. The molecule has 17 heteroatoms. The van der Waals surface area contributed by atoms with Crippen molar-refractivity contribution >= 4 is 44.6 Å². The summed E-state index contributed by atoms with van der Waals surface area (Å²) in [6.07, 6.45) is 8.71. The highest BCUT2D eigenvalue weighted by Crippen LogP contribution is 2.46. The van der Waals surface area contributed by atoms with Gasteiger partial charge < -0.3 is 30.1 Å². The van der Waals surface area contributed by atoms with Gasteiger partial charge in [-0.15, -0.1) is 0 Å². The molecule has 16 nitrogen and oxygen atoms in total. The van der Waals surface area contributed by atoms with E-state index in [1.807, 2.05) is 26.0 Å². The summed E-state index contributed by atoms with van der Waals surface area (Å²) in [5.41, 5.74) is -0.418. The zero-order chi connectivity index (χ0) is 39.9. The van der Waals surface area contributed by atoms with Gasteiger partial charge in [0.1, 0.15) is 40.9 Å². The van der Waals surface area contributed by atoms with Crippen LogP contribution in [0, 0.1) is 12.8 Å². The number of fused-ring (bicyclic) bond motifs is 3. The second kappa shape index (κ2) is 15.4. The number of phenolic OH excluding ortho intramolecular Hbond substituents is 1. The highest BCUT2D eigenvalue weighted by Gasteiger charge is 2.62. The Morgan fingerprint density at radius 2 is 1.89 bits per heavy atom. The van der Waals surface area contributed by atoms with Crippen LogP contribution in [-0.2, 0) is 31.5 Å². The smallest absolute Gasteiger partial charge is 0.272 e. The van der Waals surface area contributed by atoms with E-state index in [1.165, 1.54) is 15.6 Å². The van der Waals surface area contributed by atoms with Crippen LogP contribution in [0.25, 0.3) is 10.9 Å². The zero-order valence-electron chi connectivity index (χ0n) is 32.0. The van der Waals surface area contributed by atoms with Crippen LogP contribution in [0.3, 0.4) is 0 Å². The number of rotatable bonds is 9. The number of nitrogens with one attached hydrogen (secondary N) is 3. The van der Waals surface area contributed by atoms with Crippen molar-refractivity contribution in [3.8, 4) is 17.4 Å². The maximum Gasteiger partial charge on any atom is 0.272 e. The molecular weight excluding hydrogens is 743 g/mol. The van der Waals surface area contributed by atoms with Crippen molar-refractivity contribution < 1.29 is 42.2 Å². The molecule has 4 heterocycles. The molecule has 0 unspecified atom stereocenters. The molecule has 0 radical (unpaired) electrons. The molecule has 0 bridgehead atoms. The van der Waals surface area contributed by atoms with Gasteiger partial charge in [-0.1, -0.05) is 25.0 Å². The number of aryl methyl sites for hydroxylation is 2. The zero-order valence-corrected chi connectivity index (χ0v) is 32.8. The molecular formula is C39H49N7O9S. The van der Waals surface area contributed by atoms with Gasteiger partial charge in [0.15, 0.2) is 0 Å². The fraction of sp³-hybridized carbons (Fsp3) is 0.538. The second-order valence-corrected chi connectivity index (χ2v) is 17.6. The Labute approximate surface area is 325 Å². The highest BCUT2D eigenvalue weighted by atomic mass is 32.2. The quantitative estimate of drug-likeness (QED) is 0.232. The number of pyridine rings is 1. The third-order valence-electron chi connectivity index (χ3n) is 10.9. The van der Waals surface area contributed by atoms with Crippen molar-refractivity contribution in [3.05, 3.63) is 53.9 Å². The molecule has 0 spiro atoms. The van der Waals surface area contributed by atoms with Crippen molar-refractivity contribution in [2.75, 3.05) is 6.54 Å². The van der Waals surface area contributed by atoms with Crippen molar-refractivity contribution in [2.24, 2.45) is 13.0 Å². The van der Waals surface area contributed by atoms with Crippen LogP contribution < -0.4 is 24.8 Å². The lowest BCUT2D eigenvalue weighted by molar-refractivity contribution is -0.141. The summed E-state index contributed by atoms with van der Waals surface area (Å²) in [4.78, 5) is 62.3. The highest BCUT2D eigenvalue weighted by molar-refractivity contribution is 7.91. The number of aromatic nitrogens is 3. The molecule has 2 aliphatic carbocycles. The molecule has 4 aliphatic rings. The second-order valence-electron chi connectivity index (χ2n) is 15.6. The normalized spacial score (nSPS) is 25.8. The molecule has 4 N–H and O–H groups in total. The summed E-state index contributed by atoms with van der Waals surface area (Å²) in [5.74, 6) is -2.27. The van der Waals surface area contributed by atoms with Crippen LogP contribution in [0.1, 0.15) is 87.7 Å². The maximum atomic E-state index is 14.6. The molecule has 1 aromatic carbocycles. The van der Waals surface area contributed by atoms with Gasteiger partial charge in [-0.05, 0) is 77.5 Å². The van der Waals surface area contributed by atoms with Gasteiger partial charge >= 0.3 is 0 Å². The van der Waals surface area contributed by atoms with Gasteiger partial charge in [0.25, 0.3) is 11.8 Å². The average molecular weight is 792 g/mol. The van der Waals surface area contributed by atoms with Gasteiger partial charge in [0.2, 0.25) is 27.7 Å². The maximum absolute atomic E-state index is 14.6. The first-order valence-electron chi connectivity index (χ1n) is 19.3. The first kappa shape index (κ1) is 39.1. The van der Waals surface area contributed by atoms with Crippen LogP contribution in [-0.4, -0.2) is 98.4 Å². The summed E-state index contributed by atoms with van der Waals surface area (Å²) in [7, 11) is -2.23. The third kappa shape index (κ3) is 8.18. The van der Waals surface area contributed by atoms with E-state index < -0.39 is 68.5 Å². The first-order valence-corrected chi connectivity index (χ1v) is 20.8.